The van der Waals surface area contributed by atoms with Gasteiger partial charge in [0, 0.05) is 6.42 Å². The number of amides is 1. The first kappa shape index (κ1) is 13.7. The third-order valence-electron chi connectivity index (χ3n) is 2.97. The minimum atomic E-state index is -1.01. The Labute approximate surface area is 101 Å². The molecular formula is C12H20N2O3. The Balaban J connectivity index is 2.35. The van der Waals surface area contributed by atoms with E-state index >= 15 is 0 Å². The molecule has 1 unspecified atom stereocenters. The van der Waals surface area contributed by atoms with Crippen LogP contribution in [0.15, 0.2) is 12.7 Å². The monoisotopic (exact) mass is 240 g/mol. The maximum Gasteiger partial charge on any atom is 0.326 e. The normalized spacial score (nSPS) is 18.4. The van der Waals surface area contributed by atoms with Gasteiger partial charge in [-0.2, -0.15) is 0 Å². The fourth-order valence-corrected chi connectivity index (χ4v) is 1.99. The number of piperidine rings is 1. The van der Waals surface area contributed by atoms with Crippen LogP contribution in [-0.4, -0.2) is 36.1 Å². The molecule has 1 atom stereocenters. The van der Waals surface area contributed by atoms with Crippen LogP contribution in [0, 0.1) is 5.92 Å². The number of hydrogen-bond acceptors (Lipinski definition) is 3. The molecule has 1 saturated heterocycles. The van der Waals surface area contributed by atoms with E-state index in [1.165, 1.54) is 6.08 Å². The molecule has 1 amide bonds. The van der Waals surface area contributed by atoms with Gasteiger partial charge < -0.3 is 15.7 Å². The lowest BCUT2D eigenvalue weighted by molar-refractivity contribution is -0.141. The Kier molecular flexibility index (Phi) is 5.69. The molecule has 0 bridgehead atoms. The van der Waals surface area contributed by atoms with Crippen molar-refractivity contribution in [1.29, 1.82) is 0 Å². The maximum absolute atomic E-state index is 11.7. The van der Waals surface area contributed by atoms with Gasteiger partial charge in [0.25, 0.3) is 0 Å². The maximum atomic E-state index is 11.7. The summed E-state index contributed by atoms with van der Waals surface area (Å²) in [5, 5.41) is 14.6. The van der Waals surface area contributed by atoms with Crippen molar-refractivity contribution in [3.05, 3.63) is 12.7 Å². The standard InChI is InChI=1S/C12H20N2O3/c1-2-3-10(12(16)17)14-11(15)8-9-4-6-13-7-5-9/h2,9-10,13H,1,3-8H2,(H,14,15)(H,16,17). The highest BCUT2D eigenvalue weighted by Crippen LogP contribution is 2.15. The van der Waals surface area contributed by atoms with E-state index in [4.69, 9.17) is 5.11 Å². The van der Waals surface area contributed by atoms with Crippen LogP contribution in [0.1, 0.15) is 25.7 Å². The summed E-state index contributed by atoms with van der Waals surface area (Å²) in [6.45, 7) is 5.36. The summed E-state index contributed by atoms with van der Waals surface area (Å²) < 4.78 is 0. The van der Waals surface area contributed by atoms with Crippen molar-refractivity contribution in [2.45, 2.75) is 31.7 Å². The molecule has 0 aromatic carbocycles. The Morgan fingerprint density at radius 2 is 2.12 bits per heavy atom. The van der Waals surface area contributed by atoms with Crippen LogP contribution in [0.25, 0.3) is 0 Å². The third kappa shape index (κ3) is 4.99. The molecule has 0 aromatic rings. The van der Waals surface area contributed by atoms with Crippen molar-refractivity contribution in [3.63, 3.8) is 0 Å². The molecule has 3 N–H and O–H groups in total. The number of carboxylic acids is 1. The van der Waals surface area contributed by atoms with Gasteiger partial charge in [0.2, 0.25) is 5.91 Å². The highest BCUT2D eigenvalue weighted by Gasteiger charge is 2.21. The van der Waals surface area contributed by atoms with Crippen LogP contribution < -0.4 is 10.6 Å². The van der Waals surface area contributed by atoms with Gasteiger partial charge in [-0.25, -0.2) is 4.79 Å². The predicted octanol–water partition coefficient (Wildman–Crippen LogP) is 0.522. The van der Waals surface area contributed by atoms with E-state index in [0.29, 0.717) is 12.3 Å². The molecule has 1 aliphatic rings. The lowest BCUT2D eigenvalue weighted by Gasteiger charge is -2.22. The van der Waals surface area contributed by atoms with Crippen molar-refractivity contribution in [3.8, 4) is 0 Å². The van der Waals surface area contributed by atoms with E-state index in [-0.39, 0.29) is 12.3 Å². The molecule has 0 spiro atoms. The van der Waals surface area contributed by atoms with Crippen LogP contribution in [0.3, 0.4) is 0 Å². The van der Waals surface area contributed by atoms with Crippen molar-refractivity contribution in [2.24, 2.45) is 5.92 Å². The molecular weight excluding hydrogens is 220 g/mol. The Bertz CT molecular complexity index is 285. The first-order chi connectivity index (χ1) is 8.13. The van der Waals surface area contributed by atoms with Gasteiger partial charge in [-0.1, -0.05) is 6.08 Å². The topological polar surface area (TPSA) is 78.4 Å². The number of aliphatic carboxylic acids is 1. The van der Waals surface area contributed by atoms with Crippen molar-refractivity contribution in [2.75, 3.05) is 13.1 Å². The van der Waals surface area contributed by atoms with Gasteiger partial charge in [0.05, 0.1) is 0 Å². The predicted molar refractivity (Wildman–Crippen MR) is 64.6 cm³/mol. The van der Waals surface area contributed by atoms with Crippen LogP contribution >= 0.6 is 0 Å². The van der Waals surface area contributed by atoms with E-state index in [1.54, 1.807) is 0 Å². The molecule has 17 heavy (non-hydrogen) atoms. The Morgan fingerprint density at radius 3 is 2.65 bits per heavy atom. The zero-order valence-electron chi connectivity index (χ0n) is 9.95. The average Bonchev–Trinajstić information content (AvgIpc) is 2.29. The molecule has 1 heterocycles. The summed E-state index contributed by atoms with van der Waals surface area (Å²) >= 11 is 0. The second-order valence-corrected chi connectivity index (χ2v) is 4.38. The quantitative estimate of drug-likeness (QED) is 0.591. The van der Waals surface area contributed by atoms with Crippen LogP contribution in [-0.2, 0) is 9.59 Å². The van der Waals surface area contributed by atoms with Crippen LogP contribution in [0.2, 0.25) is 0 Å². The van der Waals surface area contributed by atoms with E-state index in [9.17, 15) is 9.59 Å². The van der Waals surface area contributed by atoms with E-state index in [2.05, 4.69) is 17.2 Å². The van der Waals surface area contributed by atoms with Crippen molar-refractivity contribution in [1.82, 2.24) is 10.6 Å². The van der Waals surface area contributed by atoms with Crippen LogP contribution in [0.5, 0.6) is 0 Å². The molecule has 1 aliphatic heterocycles. The summed E-state index contributed by atoms with van der Waals surface area (Å²) in [7, 11) is 0. The second kappa shape index (κ2) is 7.06. The highest BCUT2D eigenvalue weighted by atomic mass is 16.4. The molecule has 0 aliphatic carbocycles. The van der Waals surface area contributed by atoms with Gasteiger partial charge in [-0.05, 0) is 38.3 Å². The third-order valence-corrected chi connectivity index (χ3v) is 2.97. The van der Waals surface area contributed by atoms with E-state index in [0.717, 1.165) is 25.9 Å². The molecule has 0 radical (unpaired) electrons. The molecule has 0 saturated carbocycles. The SMILES string of the molecule is C=CCC(NC(=O)CC1CCNCC1)C(=O)O. The molecule has 0 aromatic heterocycles. The van der Waals surface area contributed by atoms with E-state index < -0.39 is 12.0 Å². The zero-order valence-corrected chi connectivity index (χ0v) is 9.95. The van der Waals surface area contributed by atoms with Gasteiger partial charge in [-0.15, -0.1) is 6.58 Å². The summed E-state index contributed by atoms with van der Waals surface area (Å²) in [6.07, 6.45) is 4.14. The lowest BCUT2D eigenvalue weighted by atomic mass is 9.94. The Morgan fingerprint density at radius 1 is 1.47 bits per heavy atom. The Hall–Kier alpha value is -1.36. The fraction of sp³-hybridized carbons (Fsp3) is 0.667. The number of rotatable bonds is 6. The second-order valence-electron chi connectivity index (χ2n) is 4.38. The number of hydrogen-bond donors (Lipinski definition) is 3. The van der Waals surface area contributed by atoms with E-state index in [1.807, 2.05) is 0 Å². The van der Waals surface area contributed by atoms with Gasteiger partial charge in [0.15, 0.2) is 0 Å². The molecule has 1 fully saturated rings. The number of nitrogens with one attached hydrogen (secondary N) is 2. The van der Waals surface area contributed by atoms with Gasteiger partial charge in [0.1, 0.15) is 6.04 Å². The van der Waals surface area contributed by atoms with Gasteiger partial charge >= 0.3 is 5.97 Å². The van der Waals surface area contributed by atoms with Crippen molar-refractivity contribution < 1.29 is 14.7 Å². The minimum absolute atomic E-state index is 0.175. The summed E-state index contributed by atoms with van der Waals surface area (Å²) in [6, 6.07) is -0.846. The summed E-state index contributed by atoms with van der Waals surface area (Å²) in [5.41, 5.74) is 0. The molecule has 1 rings (SSSR count). The highest BCUT2D eigenvalue weighted by molar-refractivity contribution is 5.83. The average molecular weight is 240 g/mol. The smallest absolute Gasteiger partial charge is 0.326 e. The molecule has 5 nitrogen and oxygen atoms in total. The molecule has 96 valence electrons. The summed E-state index contributed by atoms with van der Waals surface area (Å²) in [4.78, 5) is 22.5. The first-order valence-electron chi connectivity index (χ1n) is 5.97. The zero-order chi connectivity index (χ0) is 12.7. The minimum Gasteiger partial charge on any atom is -0.480 e. The summed E-state index contributed by atoms with van der Waals surface area (Å²) in [5.74, 6) is -0.816. The van der Waals surface area contributed by atoms with Gasteiger partial charge in [-0.3, -0.25) is 4.79 Å². The number of carboxylic acid groups (broad SMARTS) is 1. The largest absolute Gasteiger partial charge is 0.480 e. The van der Waals surface area contributed by atoms with Crippen LogP contribution in [0.4, 0.5) is 0 Å². The first-order valence-corrected chi connectivity index (χ1v) is 5.97. The molecule has 5 heteroatoms. The number of carbonyl (C=O) groups is 2. The lowest BCUT2D eigenvalue weighted by Crippen LogP contribution is -2.41. The fourth-order valence-electron chi connectivity index (χ4n) is 1.99. The van der Waals surface area contributed by atoms with Crippen molar-refractivity contribution >= 4 is 11.9 Å². The number of carbonyl (C=O) groups excluding carboxylic acids is 1.